The van der Waals surface area contributed by atoms with Crippen molar-refractivity contribution in [1.29, 1.82) is 0 Å². The SMILES string of the molecule is NC(=O)Nc1ccc(CNC(=O)c2ccc(OC3CCCC3)cc2)cc1. The highest BCUT2D eigenvalue weighted by molar-refractivity contribution is 5.94. The van der Waals surface area contributed by atoms with Crippen molar-refractivity contribution < 1.29 is 14.3 Å². The van der Waals surface area contributed by atoms with E-state index in [1.807, 2.05) is 24.3 Å². The lowest BCUT2D eigenvalue weighted by molar-refractivity contribution is 0.0951. The lowest BCUT2D eigenvalue weighted by atomic mass is 10.1. The molecule has 2 aromatic carbocycles. The molecule has 0 saturated heterocycles. The van der Waals surface area contributed by atoms with Crippen molar-refractivity contribution in [3.63, 3.8) is 0 Å². The molecule has 0 unspecified atom stereocenters. The van der Waals surface area contributed by atoms with Crippen LogP contribution in [0.2, 0.25) is 0 Å². The number of rotatable bonds is 6. The average Bonchev–Trinajstić information content (AvgIpc) is 3.14. The van der Waals surface area contributed by atoms with Gasteiger partial charge in [-0.15, -0.1) is 0 Å². The molecule has 0 bridgehead atoms. The molecule has 1 saturated carbocycles. The van der Waals surface area contributed by atoms with Gasteiger partial charge in [-0.25, -0.2) is 4.79 Å². The van der Waals surface area contributed by atoms with E-state index in [2.05, 4.69) is 10.6 Å². The monoisotopic (exact) mass is 353 g/mol. The van der Waals surface area contributed by atoms with E-state index in [9.17, 15) is 9.59 Å². The van der Waals surface area contributed by atoms with Crippen LogP contribution in [-0.2, 0) is 6.54 Å². The van der Waals surface area contributed by atoms with Crippen LogP contribution in [0.5, 0.6) is 5.75 Å². The van der Waals surface area contributed by atoms with Gasteiger partial charge in [-0.3, -0.25) is 4.79 Å². The van der Waals surface area contributed by atoms with Crippen molar-refractivity contribution in [1.82, 2.24) is 5.32 Å². The lowest BCUT2D eigenvalue weighted by Crippen LogP contribution is -2.23. The maximum atomic E-state index is 12.3. The highest BCUT2D eigenvalue weighted by atomic mass is 16.5. The number of ether oxygens (including phenoxy) is 1. The van der Waals surface area contributed by atoms with Gasteiger partial charge in [-0.1, -0.05) is 12.1 Å². The van der Waals surface area contributed by atoms with Crippen molar-refractivity contribution in [2.45, 2.75) is 38.3 Å². The summed E-state index contributed by atoms with van der Waals surface area (Å²) in [5, 5.41) is 5.37. The first kappa shape index (κ1) is 17.8. The summed E-state index contributed by atoms with van der Waals surface area (Å²) in [7, 11) is 0. The maximum Gasteiger partial charge on any atom is 0.316 e. The zero-order valence-corrected chi connectivity index (χ0v) is 14.5. The molecule has 1 aliphatic rings. The molecule has 3 amide bonds. The van der Waals surface area contributed by atoms with Crippen molar-refractivity contribution >= 4 is 17.6 Å². The van der Waals surface area contributed by atoms with Gasteiger partial charge in [0.05, 0.1) is 6.10 Å². The highest BCUT2D eigenvalue weighted by Gasteiger charge is 2.16. The summed E-state index contributed by atoms with van der Waals surface area (Å²) >= 11 is 0. The number of nitrogens with two attached hydrogens (primary N) is 1. The van der Waals surface area contributed by atoms with Crippen LogP contribution < -0.4 is 21.1 Å². The molecule has 0 spiro atoms. The fraction of sp³-hybridized carbons (Fsp3) is 0.300. The molecule has 1 fully saturated rings. The van der Waals surface area contributed by atoms with E-state index in [1.165, 1.54) is 12.8 Å². The van der Waals surface area contributed by atoms with Crippen molar-refractivity contribution in [3.8, 4) is 5.75 Å². The van der Waals surface area contributed by atoms with Gasteiger partial charge in [-0.05, 0) is 67.6 Å². The molecule has 6 heteroatoms. The molecule has 0 radical (unpaired) electrons. The summed E-state index contributed by atoms with van der Waals surface area (Å²) in [5.74, 6) is 0.669. The average molecular weight is 353 g/mol. The van der Waals surface area contributed by atoms with E-state index in [1.54, 1.807) is 24.3 Å². The minimum atomic E-state index is -0.605. The summed E-state index contributed by atoms with van der Waals surface area (Å²) < 4.78 is 5.91. The quantitative estimate of drug-likeness (QED) is 0.743. The predicted molar refractivity (Wildman–Crippen MR) is 100 cm³/mol. The first-order chi connectivity index (χ1) is 12.6. The molecule has 0 atom stereocenters. The smallest absolute Gasteiger partial charge is 0.316 e. The van der Waals surface area contributed by atoms with Crippen LogP contribution in [-0.4, -0.2) is 18.0 Å². The number of carbonyl (C=O) groups is 2. The zero-order valence-electron chi connectivity index (χ0n) is 14.5. The molecule has 4 N–H and O–H groups in total. The molecule has 1 aliphatic carbocycles. The van der Waals surface area contributed by atoms with Gasteiger partial charge in [-0.2, -0.15) is 0 Å². The van der Waals surface area contributed by atoms with Crippen molar-refractivity contribution in [2.24, 2.45) is 5.73 Å². The van der Waals surface area contributed by atoms with Gasteiger partial charge in [0.1, 0.15) is 5.75 Å². The number of anilines is 1. The fourth-order valence-electron chi connectivity index (χ4n) is 3.02. The van der Waals surface area contributed by atoms with Crippen LogP contribution >= 0.6 is 0 Å². The van der Waals surface area contributed by atoms with E-state index in [4.69, 9.17) is 10.5 Å². The number of nitrogens with one attached hydrogen (secondary N) is 2. The van der Waals surface area contributed by atoms with E-state index in [-0.39, 0.29) is 5.91 Å². The second-order valence-corrected chi connectivity index (χ2v) is 6.42. The number of hydrogen-bond acceptors (Lipinski definition) is 3. The molecule has 2 aromatic rings. The van der Waals surface area contributed by atoms with Crippen LogP contribution in [0, 0.1) is 0 Å². The van der Waals surface area contributed by atoms with Gasteiger partial charge in [0.15, 0.2) is 0 Å². The van der Waals surface area contributed by atoms with Crippen LogP contribution in [0.1, 0.15) is 41.6 Å². The second kappa shape index (κ2) is 8.38. The van der Waals surface area contributed by atoms with Gasteiger partial charge in [0.2, 0.25) is 0 Å². The highest BCUT2D eigenvalue weighted by Crippen LogP contribution is 2.24. The summed E-state index contributed by atoms with van der Waals surface area (Å²) in [6.45, 7) is 0.399. The first-order valence-corrected chi connectivity index (χ1v) is 8.80. The summed E-state index contributed by atoms with van der Waals surface area (Å²) in [4.78, 5) is 23.1. The number of hydrogen-bond donors (Lipinski definition) is 3. The van der Waals surface area contributed by atoms with E-state index in [0.29, 0.717) is 23.9 Å². The minimum absolute atomic E-state index is 0.142. The predicted octanol–water partition coefficient (Wildman–Crippen LogP) is 3.43. The topological polar surface area (TPSA) is 93.5 Å². The largest absolute Gasteiger partial charge is 0.490 e. The first-order valence-electron chi connectivity index (χ1n) is 8.80. The molecule has 26 heavy (non-hydrogen) atoms. The van der Waals surface area contributed by atoms with Gasteiger partial charge in [0.25, 0.3) is 5.91 Å². The standard InChI is InChI=1S/C20H23N3O3/c21-20(25)23-16-9-5-14(6-10-16)13-22-19(24)15-7-11-18(12-8-15)26-17-3-1-2-4-17/h5-12,17H,1-4,13H2,(H,22,24)(H3,21,23,25). The van der Waals surface area contributed by atoms with Crippen molar-refractivity contribution in [2.75, 3.05) is 5.32 Å². The molecule has 0 heterocycles. The number of primary amides is 1. The van der Waals surface area contributed by atoms with Gasteiger partial charge in [0, 0.05) is 17.8 Å². The fourth-order valence-corrected chi connectivity index (χ4v) is 3.02. The molecule has 6 nitrogen and oxygen atoms in total. The Morgan fingerprint density at radius 2 is 1.65 bits per heavy atom. The van der Waals surface area contributed by atoms with Crippen molar-refractivity contribution in [3.05, 3.63) is 59.7 Å². The third kappa shape index (κ3) is 4.99. The van der Waals surface area contributed by atoms with Crippen LogP contribution in [0.15, 0.2) is 48.5 Å². The molecular formula is C20H23N3O3. The Morgan fingerprint density at radius 3 is 2.27 bits per heavy atom. The number of carbonyl (C=O) groups excluding carboxylic acids is 2. The Kier molecular flexibility index (Phi) is 5.73. The summed E-state index contributed by atoms with van der Waals surface area (Å²) in [5.41, 5.74) is 7.20. The van der Waals surface area contributed by atoms with Gasteiger partial charge < -0.3 is 21.1 Å². The normalized spacial score (nSPS) is 14.0. The molecular weight excluding hydrogens is 330 g/mol. The molecule has 136 valence electrons. The van der Waals surface area contributed by atoms with Crippen LogP contribution in [0.3, 0.4) is 0 Å². The molecule has 0 aliphatic heterocycles. The Labute approximate surface area is 152 Å². The molecule has 3 rings (SSSR count). The minimum Gasteiger partial charge on any atom is -0.490 e. The summed E-state index contributed by atoms with van der Waals surface area (Å²) in [6, 6.07) is 13.8. The number of amides is 3. The Morgan fingerprint density at radius 1 is 1.00 bits per heavy atom. The zero-order chi connectivity index (χ0) is 18.4. The van der Waals surface area contributed by atoms with Crippen LogP contribution in [0.4, 0.5) is 10.5 Å². The Hall–Kier alpha value is -3.02. The van der Waals surface area contributed by atoms with Crippen LogP contribution in [0.25, 0.3) is 0 Å². The third-order valence-electron chi connectivity index (χ3n) is 4.40. The van der Waals surface area contributed by atoms with E-state index < -0.39 is 6.03 Å². The number of urea groups is 1. The van der Waals surface area contributed by atoms with E-state index in [0.717, 1.165) is 24.2 Å². The van der Waals surface area contributed by atoms with E-state index >= 15 is 0 Å². The summed E-state index contributed by atoms with van der Waals surface area (Å²) in [6.07, 6.45) is 4.98. The second-order valence-electron chi connectivity index (χ2n) is 6.42. The maximum absolute atomic E-state index is 12.3. The Bertz CT molecular complexity index is 751. The number of benzene rings is 2. The van der Waals surface area contributed by atoms with Gasteiger partial charge >= 0.3 is 6.03 Å². The molecule has 0 aromatic heterocycles. The lowest BCUT2D eigenvalue weighted by Gasteiger charge is -2.13. The Balaban J connectivity index is 1.50. The third-order valence-corrected chi connectivity index (χ3v) is 4.40.